The first-order valence-corrected chi connectivity index (χ1v) is 7.83. The van der Waals surface area contributed by atoms with E-state index in [9.17, 15) is 18.0 Å². The highest BCUT2D eigenvalue weighted by Gasteiger charge is 2.31. The summed E-state index contributed by atoms with van der Waals surface area (Å²) in [6.07, 6.45) is -3.18. The van der Waals surface area contributed by atoms with Gasteiger partial charge in [-0.15, -0.1) is 4.68 Å². The average Bonchev–Trinajstić information content (AvgIpc) is 2.60. The van der Waals surface area contributed by atoms with E-state index in [0.717, 1.165) is 17.7 Å². The highest BCUT2D eigenvalue weighted by Crippen LogP contribution is 2.31. The lowest BCUT2D eigenvalue weighted by atomic mass is 10.1. The number of aliphatic carboxylic acids is 1. The molecule has 0 radical (unpaired) electrons. The molecule has 0 aliphatic carbocycles. The van der Waals surface area contributed by atoms with E-state index in [4.69, 9.17) is 5.11 Å². The van der Waals surface area contributed by atoms with Crippen molar-refractivity contribution in [3.05, 3.63) is 65.7 Å². The Morgan fingerprint density at radius 3 is 2.50 bits per heavy atom. The van der Waals surface area contributed by atoms with Gasteiger partial charge in [0.2, 0.25) is 0 Å². The summed E-state index contributed by atoms with van der Waals surface area (Å²) in [7, 11) is 0. The molecule has 0 spiro atoms. The van der Waals surface area contributed by atoms with Crippen LogP contribution in [0.5, 0.6) is 0 Å². The lowest BCUT2D eigenvalue weighted by Gasteiger charge is -2.17. The van der Waals surface area contributed by atoms with Gasteiger partial charge >= 0.3 is 12.1 Å². The van der Waals surface area contributed by atoms with Crippen LogP contribution in [0.25, 0.3) is 0 Å². The summed E-state index contributed by atoms with van der Waals surface area (Å²) in [6.45, 7) is 1.48. The Bertz CT molecular complexity index is 777. The molecule has 0 amide bonds. The maximum absolute atomic E-state index is 13.0. The molecular formula is C18H19F3N3O2+. The maximum Gasteiger partial charge on any atom is 0.416 e. The van der Waals surface area contributed by atoms with Gasteiger partial charge in [0.25, 0.3) is 6.34 Å². The molecule has 0 aliphatic rings. The summed E-state index contributed by atoms with van der Waals surface area (Å²) in [4.78, 5) is 10.7. The predicted octanol–water partition coefficient (Wildman–Crippen LogP) is 3.32. The fourth-order valence-electron chi connectivity index (χ4n) is 2.27. The Kier molecular flexibility index (Phi) is 6.21. The number of nitrogens with zero attached hydrogens (tertiary/aromatic N) is 1. The lowest BCUT2D eigenvalue weighted by molar-refractivity contribution is -0.512. The van der Waals surface area contributed by atoms with Crippen LogP contribution in [-0.4, -0.2) is 28.6 Å². The molecule has 0 fully saturated rings. The van der Waals surface area contributed by atoms with Gasteiger partial charge in [-0.05, 0) is 30.7 Å². The number of benzene rings is 2. The van der Waals surface area contributed by atoms with Gasteiger partial charge < -0.3 is 5.11 Å². The molecule has 0 bridgehead atoms. The topological polar surface area (TPSA) is 64.4 Å². The van der Waals surface area contributed by atoms with Crippen LogP contribution in [0, 0.1) is 0 Å². The molecule has 138 valence electrons. The van der Waals surface area contributed by atoms with E-state index < -0.39 is 17.7 Å². The molecule has 0 aliphatic heterocycles. The van der Waals surface area contributed by atoms with Crippen molar-refractivity contribution in [1.82, 2.24) is 10.7 Å². The molecule has 0 aromatic heterocycles. The molecule has 0 saturated carbocycles. The minimum Gasteiger partial charge on any atom is -0.478 e. The quantitative estimate of drug-likeness (QED) is 0.304. The zero-order chi connectivity index (χ0) is 19.2. The number of hydrazone groups is 1. The minimum atomic E-state index is -4.47. The Morgan fingerprint density at radius 1 is 1.19 bits per heavy atom. The second-order valence-corrected chi connectivity index (χ2v) is 5.58. The Hall–Kier alpha value is -3.03. The van der Waals surface area contributed by atoms with Crippen molar-refractivity contribution in [2.75, 3.05) is 6.54 Å². The third-order valence-electron chi connectivity index (χ3n) is 3.56. The van der Waals surface area contributed by atoms with E-state index in [0.29, 0.717) is 0 Å². The van der Waals surface area contributed by atoms with Gasteiger partial charge in [0.05, 0.1) is 11.6 Å². The van der Waals surface area contributed by atoms with Crippen LogP contribution in [0.1, 0.15) is 24.1 Å². The maximum atomic E-state index is 13.0. The third-order valence-corrected chi connectivity index (χ3v) is 3.56. The number of nitrogens with one attached hydrogen (secondary N) is 2. The van der Waals surface area contributed by atoms with Crippen molar-refractivity contribution in [3.8, 4) is 0 Å². The molecule has 1 atom stereocenters. The van der Waals surface area contributed by atoms with Crippen LogP contribution < -0.4 is 10.7 Å². The summed E-state index contributed by atoms with van der Waals surface area (Å²) in [5.74, 6) is -1.08. The summed E-state index contributed by atoms with van der Waals surface area (Å²) >= 11 is 0. The van der Waals surface area contributed by atoms with Crippen LogP contribution in [0.4, 0.5) is 18.9 Å². The second kappa shape index (κ2) is 8.37. The highest BCUT2D eigenvalue weighted by atomic mass is 19.4. The number of alkyl halides is 3. The molecule has 0 unspecified atom stereocenters. The smallest absolute Gasteiger partial charge is 0.416 e. The van der Waals surface area contributed by atoms with E-state index >= 15 is 0 Å². The summed E-state index contributed by atoms with van der Waals surface area (Å²) in [6, 6.07) is 13.9. The zero-order valence-corrected chi connectivity index (χ0v) is 14.0. The van der Waals surface area contributed by atoms with Crippen molar-refractivity contribution in [2.45, 2.75) is 19.1 Å². The Labute approximate surface area is 148 Å². The molecule has 2 rings (SSSR count). The minimum absolute atomic E-state index is 0.223. The first-order valence-electron chi connectivity index (χ1n) is 7.83. The van der Waals surface area contributed by atoms with Gasteiger partial charge in [0.15, 0.2) is 12.2 Å². The number of carbonyl (C=O) groups is 1. The largest absolute Gasteiger partial charge is 0.478 e. The molecule has 5 nitrogen and oxygen atoms in total. The van der Waals surface area contributed by atoms with E-state index in [1.54, 1.807) is 0 Å². The third kappa shape index (κ3) is 5.51. The van der Waals surface area contributed by atoms with Crippen LogP contribution in [0.2, 0.25) is 0 Å². The van der Waals surface area contributed by atoms with Crippen LogP contribution in [-0.2, 0) is 11.0 Å². The van der Waals surface area contributed by atoms with E-state index in [-0.39, 0.29) is 18.3 Å². The number of halogens is 3. The van der Waals surface area contributed by atoms with Gasteiger partial charge in [-0.2, -0.15) is 13.2 Å². The average molecular weight is 366 g/mol. The summed E-state index contributed by atoms with van der Waals surface area (Å²) in [5.41, 5.74) is 3.42. The number of hydrogen-bond acceptors (Lipinski definition) is 2. The summed E-state index contributed by atoms with van der Waals surface area (Å²) < 4.78 is 40.3. The monoisotopic (exact) mass is 366 g/mol. The predicted molar refractivity (Wildman–Crippen MR) is 91.1 cm³/mol. The first-order chi connectivity index (χ1) is 12.3. The van der Waals surface area contributed by atoms with Gasteiger partial charge in [-0.1, -0.05) is 36.4 Å². The normalized spacial score (nSPS) is 13.2. The molecule has 2 aromatic carbocycles. The Morgan fingerprint density at radius 2 is 1.88 bits per heavy atom. The van der Waals surface area contributed by atoms with Gasteiger partial charge in [0.1, 0.15) is 0 Å². The Balaban J connectivity index is 2.30. The molecule has 0 saturated heterocycles. The van der Waals surface area contributed by atoms with E-state index in [1.807, 2.05) is 37.3 Å². The number of carboxylic acids is 1. The fourth-order valence-corrected chi connectivity index (χ4v) is 2.27. The van der Waals surface area contributed by atoms with E-state index in [1.165, 1.54) is 23.2 Å². The number of rotatable bonds is 7. The summed E-state index contributed by atoms with van der Waals surface area (Å²) in [5, 5.41) is 11.3. The second-order valence-electron chi connectivity index (χ2n) is 5.58. The van der Waals surface area contributed by atoms with Crippen molar-refractivity contribution in [2.24, 2.45) is 0 Å². The highest BCUT2D eigenvalue weighted by molar-refractivity contribution is 5.72. The number of hydrogen-bond donors (Lipinski definition) is 3. The van der Waals surface area contributed by atoms with Crippen LogP contribution in [0.3, 0.4) is 0 Å². The van der Waals surface area contributed by atoms with Crippen molar-refractivity contribution < 1.29 is 27.8 Å². The van der Waals surface area contributed by atoms with Crippen molar-refractivity contribution in [3.63, 3.8) is 0 Å². The molecule has 26 heavy (non-hydrogen) atoms. The number of carboxylic acid groups (broad SMARTS) is 1. The van der Waals surface area contributed by atoms with Gasteiger partial charge in [-0.25, -0.2) is 10.2 Å². The van der Waals surface area contributed by atoms with Gasteiger partial charge in [0, 0.05) is 0 Å². The SMILES string of the molecule is C[C@H](N[N+](=CNCC(=O)O)c1cccc(C(F)(F)F)c1)c1ccccc1. The molecule has 0 heterocycles. The van der Waals surface area contributed by atoms with Crippen molar-refractivity contribution in [1.29, 1.82) is 0 Å². The van der Waals surface area contributed by atoms with Crippen molar-refractivity contribution >= 4 is 18.0 Å². The van der Waals surface area contributed by atoms with Crippen LogP contribution in [0.15, 0.2) is 54.6 Å². The fraction of sp³-hybridized carbons (Fsp3) is 0.222. The molecule has 2 aromatic rings. The zero-order valence-electron chi connectivity index (χ0n) is 14.0. The molecular weight excluding hydrogens is 347 g/mol. The van der Waals surface area contributed by atoms with Gasteiger partial charge in [-0.3, -0.25) is 5.32 Å². The standard InChI is InChI=1S/C18H18F3N3O2/c1-13(14-6-3-2-4-7-14)23-24(12-22-11-17(25)26)16-9-5-8-15(10-16)18(19,20)21/h2-10,12-13,23H,11H2,1H3,(H,25,26)/p+1/t13-/m0/s1. The molecule has 8 heteroatoms. The number of hydrazine groups is 1. The molecule has 3 N–H and O–H groups in total. The van der Waals surface area contributed by atoms with Crippen LogP contribution >= 0.6 is 0 Å². The lowest BCUT2D eigenvalue weighted by Crippen LogP contribution is -2.34. The first kappa shape index (κ1) is 19.3. The van der Waals surface area contributed by atoms with E-state index in [2.05, 4.69) is 10.7 Å².